The largest absolute Gasteiger partial charge is 0.359 e. The standard InChI is InChI=1S/C10H12FNO/c1-12-10-9-7(5-6-13-10)3-2-4-8(9)11/h2-4,10,12H,5-6H2,1H3/t10-/m0/s1. The van der Waals surface area contributed by atoms with Crippen molar-refractivity contribution in [3.8, 4) is 0 Å². The smallest absolute Gasteiger partial charge is 0.137 e. The first kappa shape index (κ1) is 8.66. The van der Waals surface area contributed by atoms with E-state index in [9.17, 15) is 4.39 Å². The van der Waals surface area contributed by atoms with Crippen molar-refractivity contribution >= 4 is 0 Å². The van der Waals surface area contributed by atoms with Crippen molar-refractivity contribution in [2.45, 2.75) is 12.6 Å². The maximum atomic E-state index is 13.4. The third-order valence-electron chi connectivity index (χ3n) is 2.32. The molecule has 0 bridgehead atoms. The highest BCUT2D eigenvalue weighted by atomic mass is 19.1. The first-order valence-electron chi connectivity index (χ1n) is 4.39. The van der Waals surface area contributed by atoms with E-state index >= 15 is 0 Å². The van der Waals surface area contributed by atoms with Gasteiger partial charge in [0, 0.05) is 5.56 Å². The van der Waals surface area contributed by atoms with Crippen LogP contribution in [0.5, 0.6) is 0 Å². The van der Waals surface area contributed by atoms with Crippen LogP contribution >= 0.6 is 0 Å². The van der Waals surface area contributed by atoms with Gasteiger partial charge in [-0.15, -0.1) is 0 Å². The van der Waals surface area contributed by atoms with E-state index < -0.39 is 0 Å². The highest BCUT2D eigenvalue weighted by Crippen LogP contribution is 2.26. The Morgan fingerprint density at radius 2 is 2.38 bits per heavy atom. The van der Waals surface area contributed by atoms with Gasteiger partial charge in [0.1, 0.15) is 12.0 Å². The van der Waals surface area contributed by atoms with Gasteiger partial charge in [0.2, 0.25) is 0 Å². The van der Waals surface area contributed by atoms with E-state index in [0.717, 1.165) is 12.0 Å². The fourth-order valence-electron chi connectivity index (χ4n) is 1.69. The Balaban J connectivity index is 2.47. The molecule has 70 valence electrons. The number of halogens is 1. The summed E-state index contributed by atoms with van der Waals surface area (Å²) in [5.74, 6) is -0.184. The molecule has 0 saturated carbocycles. The lowest BCUT2D eigenvalue weighted by Crippen LogP contribution is -2.27. The van der Waals surface area contributed by atoms with E-state index in [1.165, 1.54) is 6.07 Å². The SMILES string of the molecule is CN[C@H]1OCCc2cccc(F)c21. The number of hydrogen-bond donors (Lipinski definition) is 1. The van der Waals surface area contributed by atoms with Crippen molar-refractivity contribution in [3.05, 3.63) is 35.1 Å². The lowest BCUT2D eigenvalue weighted by molar-refractivity contribution is 0.0212. The van der Waals surface area contributed by atoms with Gasteiger partial charge in [0.05, 0.1) is 6.61 Å². The van der Waals surface area contributed by atoms with Gasteiger partial charge in [0.15, 0.2) is 0 Å². The molecule has 0 aromatic heterocycles. The molecule has 0 amide bonds. The summed E-state index contributed by atoms with van der Waals surface area (Å²) in [5.41, 5.74) is 1.71. The van der Waals surface area contributed by atoms with Gasteiger partial charge in [-0.3, -0.25) is 5.32 Å². The molecule has 1 N–H and O–H groups in total. The molecule has 1 atom stereocenters. The molecule has 2 nitrogen and oxygen atoms in total. The zero-order valence-corrected chi connectivity index (χ0v) is 7.51. The summed E-state index contributed by atoms with van der Waals surface area (Å²) in [6.45, 7) is 0.655. The molecule has 0 unspecified atom stereocenters. The molecule has 1 aromatic carbocycles. The van der Waals surface area contributed by atoms with Crippen LogP contribution in [0.1, 0.15) is 17.4 Å². The van der Waals surface area contributed by atoms with E-state index in [2.05, 4.69) is 5.32 Å². The fourth-order valence-corrected chi connectivity index (χ4v) is 1.69. The van der Waals surface area contributed by atoms with E-state index in [-0.39, 0.29) is 12.0 Å². The maximum absolute atomic E-state index is 13.4. The van der Waals surface area contributed by atoms with Crippen LogP contribution in [0.4, 0.5) is 4.39 Å². The molecule has 1 aliphatic heterocycles. The number of ether oxygens (including phenoxy) is 1. The van der Waals surface area contributed by atoms with E-state index in [1.807, 2.05) is 6.07 Å². The van der Waals surface area contributed by atoms with Crippen molar-refractivity contribution in [3.63, 3.8) is 0 Å². The van der Waals surface area contributed by atoms with Gasteiger partial charge >= 0.3 is 0 Å². The molecule has 3 heteroatoms. The second-order valence-corrected chi connectivity index (χ2v) is 3.10. The zero-order chi connectivity index (χ0) is 9.26. The van der Waals surface area contributed by atoms with Crippen molar-refractivity contribution in [1.82, 2.24) is 5.32 Å². The van der Waals surface area contributed by atoms with Crippen LogP contribution in [0, 0.1) is 5.82 Å². The minimum absolute atomic E-state index is 0.184. The average molecular weight is 181 g/mol. The van der Waals surface area contributed by atoms with Crippen LogP contribution in [0.25, 0.3) is 0 Å². The van der Waals surface area contributed by atoms with E-state index in [1.54, 1.807) is 13.1 Å². The third kappa shape index (κ3) is 1.45. The van der Waals surface area contributed by atoms with Crippen molar-refractivity contribution in [1.29, 1.82) is 0 Å². The highest BCUT2D eigenvalue weighted by molar-refractivity contribution is 5.31. The van der Waals surface area contributed by atoms with Gasteiger partial charge in [-0.25, -0.2) is 4.39 Å². The molecule has 0 radical (unpaired) electrons. The minimum atomic E-state index is -0.287. The van der Waals surface area contributed by atoms with E-state index in [0.29, 0.717) is 12.2 Å². The first-order valence-corrected chi connectivity index (χ1v) is 4.39. The number of benzene rings is 1. The summed E-state index contributed by atoms with van der Waals surface area (Å²) in [5, 5.41) is 2.94. The number of fused-ring (bicyclic) bond motifs is 1. The number of rotatable bonds is 1. The van der Waals surface area contributed by atoms with Gasteiger partial charge in [-0.05, 0) is 25.1 Å². The van der Waals surface area contributed by atoms with Crippen LogP contribution in [0.15, 0.2) is 18.2 Å². The Labute approximate surface area is 76.7 Å². The molecule has 13 heavy (non-hydrogen) atoms. The third-order valence-corrected chi connectivity index (χ3v) is 2.32. The van der Waals surface area contributed by atoms with Crippen LogP contribution in [0.3, 0.4) is 0 Å². The molecular weight excluding hydrogens is 169 g/mol. The Hall–Kier alpha value is -0.930. The quantitative estimate of drug-likeness (QED) is 0.710. The lowest BCUT2D eigenvalue weighted by Gasteiger charge is -2.25. The summed E-state index contributed by atoms with van der Waals surface area (Å²) in [6, 6.07) is 5.16. The second-order valence-electron chi connectivity index (χ2n) is 3.10. The molecule has 0 fully saturated rings. The monoisotopic (exact) mass is 181 g/mol. The van der Waals surface area contributed by atoms with Gasteiger partial charge in [0.25, 0.3) is 0 Å². The Morgan fingerprint density at radius 3 is 3.15 bits per heavy atom. The molecule has 0 saturated heterocycles. The van der Waals surface area contributed by atoms with Crippen LogP contribution in [-0.2, 0) is 11.2 Å². The van der Waals surface area contributed by atoms with Gasteiger partial charge in [-0.2, -0.15) is 0 Å². The van der Waals surface area contributed by atoms with Crippen molar-refractivity contribution in [2.75, 3.05) is 13.7 Å². The lowest BCUT2D eigenvalue weighted by atomic mass is 10.0. The molecule has 2 rings (SSSR count). The fraction of sp³-hybridized carbons (Fsp3) is 0.400. The molecule has 0 aliphatic carbocycles. The summed E-state index contributed by atoms with van der Waals surface area (Å²) in [6.07, 6.45) is 0.510. The average Bonchev–Trinajstić information content (AvgIpc) is 2.17. The number of hydrogen-bond acceptors (Lipinski definition) is 2. The number of nitrogens with one attached hydrogen (secondary N) is 1. The normalized spacial score (nSPS) is 21.2. The van der Waals surface area contributed by atoms with Crippen LogP contribution in [-0.4, -0.2) is 13.7 Å². The predicted molar refractivity (Wildman–Crippen MR) is 47.9 cm³/mol. The second kappa shape index (κ2) is 3.44. The molecule has 1 aromatic rings. The van der Waals surface area contributed by atoms with Crippen LogP contribution in [0.2, 0.25) is 0 Å². The van der Waals surface area contributed by atoms with E-state index in [4.69, 9.17) is 4.74 Å². The Morgan fingerprint density at radius 1 is 1.54 bits per heavy atom. The molecule has 1 heterocycles. The summed E-state index contributed by atoms with van der Waals surface area (Å²) in [7, 11) is 1.77. The van der Waals surface area contributed by atoms with Crippen LogP contribution < -0.4 is 5.32 Å². The summed E-state index contributed by atoms with van der Waals surface area (Å²) >= 11 is 0. The first-order chi connectivity index (χ1) is 6.33. The zero-order valence-electron chi connectivity index (χ0n) is 7.51. The molecule has 0 spiro atoms. The maximum Gasteiger partial charge on any atom is 0.137 e. The summed E-state index contributed by atoms with van der Waals surface area (Å²) in [4.78, 5) is 0. The van der Waals surface area contributed by atoms with Gasteiger partial charge in [-0.1, -0.05) is 12.1 Å². The Kier molecular flexibility index (Phi) is 2.29. The molecular formula is C10H12FNO. The topological polar surface area (TPSA) is 21.3 Å². The molecule has 1 aliphatic rings. The minimum Gasteiger partial charge on any atom is -0.359 e. The van der Waals surface area contributed by atoms with Crippen molar-refractivity contribution in [2.24, 2.45) is 0 Å². The highest BCUT2D eigenvalue weighted by Gasteiger charge is 2.22. The van der Waals surface area contributed by atoms with Crippen molar-refractivity contribution < 1.29 is 9.13 Å². The van der Waals surface area contributed by atoms with Gasteiger partial charge < -0.3 is 4.74 Å². The Bertz CT molecular complexity index is 314. The summed E-state index contributed by atoms with van der Waals surface area (Å²) < 4.78 is 18.8. The predicted octanol–water partition coefficient (Wildman–Crippen LogP) is 1.62.